The fourth-order valence-electron chi connectivity index (χ4n) is 1.76. The summed E-state index contributed by atoms with van der Waals surface area (Å²) in [6, 6.07) is 9.96. The van der Waals surface area contributed by atoms with Crippen molar-refractivity contribution in [3.05, 3.63) is 63.7 Å². The van der Waals surface area contributed by atoms with Crippen LogP contribution in [0.25, 0.3) is 0 Å². The van der Waals surface area contributed by atoms with Crippen molar-refractivity contribution in [3.8, 4) is 11.5 Å². The summed E-state index contributed by atoms with van der Waals surface area (Å²) in [6.45, 7) is 0.0295. The molecule has 0 fully saturated rings. The minimum Gasteiger partial charge on any atom is -0.508 e. The Morgan fingerprint density at radius 1 is 1.19 bits per heavy atom. The smallest absolute Gasteiger partial charge is 0.346 e. The summed E-state index contributed by atoms with van der Waals surface area (Å²) in [5.41, 5.74) is -0.317. The van der Waals surface area contributed by atoms with Gasteiger partial charge < -0.3 is 14.9 Å². The van der Waals surface area contributed by atoms with E-state index in [0.29, 0.717) is 5.56 Å². The van der Waals surface area contributed by atoms with Crippen molar-refractivity contribution < 1.29 is 24.7 Å². The molecule has 0 atom stereocenters. The molecular formula is C14H11NO6. The quantitative estimate of drug-likeness (QED) is 0.646. The molecule has 108 valence electrons. The lowest BCUT2D eigenvalue weighted by atomic mass is 10.1. The number of ether oxygens (including phenoxy) is 1. The van der Waals surface area contributed by atoms with E-state index in [1.54, 1.807) is 12.1 Å². The summed E-state index contributed by atoms with van der Waals surface area (Å²) < 4.78 is 5.35. The van der Waals surface area contributed by atoms with E-state index in [1.165, 1.54) is 24.3 Å². The van der Waals surface area contributed by atoms with Crippen LogP contribution in [0.2, 0.25) is 0 Å². The van der Waals surface area contributed by atoms with Gasteiger partial charge in [-0.05, 0) is 23.8 Å². The van der Waals surface area contributed by atoms with E-state index in [1.807, 2.05) is 0 Å². The lowest BCUT2D eigenvalue weighted by molar-refractivity contribution is -0.385. The number of aromatic hydroxyl groups is 1. The Kier molecular flexibility index (Phi) is 4.03. The van der Waals surface area contributed by atoms with Crippen molar-refractivity contribution in [1.82, 2.24) is 0 Å². The second-order valence-electron chi connectivity index (χ2n) is 4.17. The molecule has 0 aliphatic carbocycles. The Morgan fingerprint density at radius 2 is 1.86 bits per heavy atom. The van der Waals surface area contributed by atoms with Crippen LogP contribution in [0.15, 0.2) is 42.5 Å². The summed E-state index contributed by atoms with van der Waals surface area (Å²) in [5, 5.41) is 29.1. The fraction of sp³-hybridized carbons (Fsp3) is 0.0714. The minimum absolute atomic E-state index is 0.0295. The van der Waals surface area contributed by atoms with Crippen LogP contribution in [0.5, 0.6) is 11.5 Å². The molecule has 0 aliphatic heterocycles. The number of carbonyl (C=O) groups is 1. The standard InChI is InChI=1S/C14H11NO6/c16-10-6-4-9(5-7-10)8-21-12-3-1-2-11(15(19)20)13(12)14(17)18/h1-7,16H,8H2,(H,17,18). The Hall–Kier alpha value is -3.09. The first kappa shape index (κ1) is 14.3. The van der Waals surface area contributed by atoms with Gasteiger partial charge in [0.05, 0.1) is 4.92 Å². The van der Waals surface area contributed by atoms with Gasteiger partial charge in [0.25, 0.3) is 5.69 Å². The van der Waals surface area contributed by atoms with E-state index >= 15 is 0 Å². The molecule has 0 aromatic heterocycles. The van der Waals surface area contributed by atoms with Gasteiger partial charge in [-0.2, -0.15) is 0 Å². The Balaban J connectivity index is 2.27. The number of phenolic OH excluding ortho intramolecular Hbond substituents is 1. The van der Waals surface area contributed by atoms with Crippen LogP contribution in [0.1, 0.15) is 15.9 Å². The van der Waals surface area contributed by atoms with Gasteiger partial charge in [-0.1, -0.05) is 18.2 Å². The largest absolute Gasteiger partial charge is 0.508 e. The highest BCUT2D eigenvalue weighted by atomic mass is 16.6. The molecule has 2 rings (SSSR count). The minimum atomic E-state index is -1.43. The number of nitro benzene ring substituents is 1. The van der Waals surface area contributed by atoms with Crippen LogP contribution in [0.3, 0.4) is 0 Å². The van der Waals surface area contributed by atoms with E-state index in [9.17, 15) is 14.9 Å². The second-order valence-corrected chi connectivity index (χ2v) is 4.17. The molecule has 0 unspecified atom stereocenters. The number of carboxylic acids is 1. The van der Waals surface area contributed by atoms with E-state index in [-0.39, 0.29) is 18.1 Å². The molecule has 2 N–H and O–H groups in total. The molecule has 21 heavy (non-hydrogen) atoms. The van der Waals surface area contributed by atoms with Crippen molar-refractivity contribution >= 4 is 11.7 Å². The summed E-state index contributed by atoms with van der Waals surface area (Å²) in [5.74, 6) is -1.41. The van der Waals surface area contributed by atoms with Crippen LogP contribution >= 0.6 is 0 Å². The lowest BCUT2D eigenvalue weighted by Gasteiger charge is -2.09. The maximum atomic E-state index is 11.2. The highest BCUT2D eigenvalue weighted by molar-refractivity contribution is 5.95. The van der Waals surface area contributed by atoms with Crippen LogP contribution < -0.4 is 4.74 Å². The molecule has 2 aromatic carbocycles. The van der Waals surface area contributed by atoms with Crippen LogP contribution in [0, 0.1) is 10.1 Å². The highest BCUT2D eigenvalue weighted by Crippen LogP contribution is 2.29. The number of phenols is 1. The molecule has 0 aliphatic rings. The SMILES string of the molecule is O=C(O)c1c(OCc2ccc(O)cc2)cccc1[N+](=O)[O-]. The van der Waals surface area contributed by atoms with Crippen molar-refractivity contribution in [3.63, 3.8) is 0 Å². The second kappa shape index (κ2) is 5.91. The van der Waals surface area contributed by atoms with Gasteiger partial charge in [0.15, 0.2) is 5.56 Å². The third-order valence-electron chi connectivity index (χ3n) is 2.75. The van der Waals surface area contributed by atoms with Gasteiger partial charge >= 0.3 is 5.97 Å². The summed E-state index contributed by atoms with van der Waals surface area (Å²) in [6.07, 6.45) is 0. The molecule has 0 spiro atoms. The molecule has 7 heteroatoms. The first-order valence-electron chi connectivity index (χ1n) is 5.90. The molecule has 0 heterocycles. The van der Waals surface area contributed by atoms with Gasteiger partial charge in [0, 0.05) is 6.07 Å². The molecular weight excluding hydrogens is 278 g/mol. The predicted molar refractivity (Wildman–Crippen MR) is 72.5 cm³/mol. The van der Waals surface area contributed by atoms with Crippen molar-refractivity contribution in [2.24, 2.45) is 0 Å². The van der Waals surface area contributed by atoms with Crippen LogP contribution in [0.4, 0.5) is 5.69 Å². The van der Waals surface area contributed by atoms with Crippen LogP contribution in [-0.4, -0.2) is 21.1 Å². The summed E-state index contributed by atoms with van der Waals surface area (Å²) in [4.78, 5) is 21.3. The number of nitrogens with zero attached hydrogens (tertiary/aromatic N) is 1. The molecule has 0 saturated heterocycles. The third-order valence-corrected chi connectivity index (χ3v) is 2.75. The summed E-state index contributed by atoms with van der Waals surface area (Å²) >= 11 is 0. The average molecular weight is 289 g/mol. The number of aromatic carboxylic acids is 1. The monoisotopic (exact) mass is 289 g/mol. The van der Waals surface area contributed by atoms with Gasteiger partial charge in [0.1, 0.15) is 18.1 Å². The number of hydrogen-bond donors (Lipinski definition) is 2. The van der Waals surface area contributed by atoms with Crippen molar-refractivity contribution in [1.29, 1.82) is 0 Å². The zero-order valence-corrected chi connectivity index (χ0v) is 10.7. The zero-order valence-electron chi connectivity index (χ0n) is 10.7. The third kappa shape index (κ3) is 3.27. The fourth-order valence-corrected chi connectivity index (χ4v) is 1.76. The molecule has 7 nitrogen and oxygen atoms in total. The van der Waals surface area contributed by atoms with E-state index < -0.39 is 22.1 Å². The normalized spacial score (nSPS) is 10.1. The highest BCUT2D eigenvalue weighted by Gasteiger charge is 2.24. The number of carboxylic acid groups (broad SMARTS) is 1. The lowest BCUT2D eigenvalue weighted by Crippen LogP contribution is -2.07. The Morgan fingerprint density at radius 3 is 2.43 bits per heavy atom. The maximum absolute atomic E-state index is 11.2. The summed E-state index contributed by atoms with van der Waals surface area (Å²) in [7, 11) is 0. The van der Waals surface area contributed by atoms with Crippen molar-refractivity contribution in [2.75, 3.05) is 0 Å². The number of nitro groups is 1. The number of rotatable bonds is 5. The molecule has 0 saturated carbocycles. The Labute approximate surface area is 119 Å². The first-order valence-corrected chi connectivity index (χ1v) is 5.90. The van der Waals surface area contributed by atoms with Gasteiger partial charge in [-0.3, -0.25) is 10.1 Å². The molecule has 0 amide bonds. The molecule has 0 bridgehead atoms. The van der Waals surface area contributed by atoms with Gasteiger partial charge in [0.2, 0.25) is 0 Å². The molecule has 2 aromatic rings. The van der Waals surface area contributed by atoms with Crippen LogP contribution in [-0.2, 0) is 6.61 Å². The first-order chi connectivity index (χ1) is 9.99. The van der Waals surface area contributed by atoms with E-state index in [4.69, 9.17) is 14.9 Å². The Bertz CT molecular complexity index is 680. The predicted octanol–water partition coefficient (Wildman–Crippen LogP) is 2.58. The van der Waals surface area contributed by atoms with E-state index in [0.717, 1.165) is 6.07 Å². The topological polar surface area (TPSA) is 110 Å². The maximum Gasteiger partial charge on any atom is 0.346 e. The van der Waals surface area contributed by atoms with Crippen molar-refractivity contribution in [2.45, 2.75) is 6.61 Å². The van der Waals surface area contributed by atoms with Gasteiger partial charge in [-0.25, -0.2) is 4.79 Å². The average Bonchev–Trinajstić information content (AvgIpc) is 2.46. The number of hydrogen-bond acceptors (Lipinski definition) is 5. The number of benzene rings is 2. The van der Waals surface area contributed by atoms with Gasteiger partial charge in [-0.15, -0.1) is 0 Å². The van der Waals surface area contributed by atoms with E-state index in [2.05, 4.69) is 0 Å². The zero-order chi connectivity index (χ0) is 15.4. The molecule has 0 radical (unpaired) electrons.